The zero-order chi connectivity index (χ0) is 15.4. The summed E-state index contributed by atoms with van der Waals surface area (Å²) in [7, 11) is 0. The molecule has 1 N–H and O–H groups in total. The Morgan fingerprint density at radius 2 is 2.00 bits per heavy atom. The van der Waals surface area contributed by atoms with Crippen molar-refractivity contribution >= 4 is 40.6 Å². The molecular formula is C13H10ClN5OS2. The maximum absolute atomic E-state index is 11.8. The molecular weight excluding hydrogens is 342 g/mol. The van der Waals surface area contributed by atoms with E-state index in [9.17, 15) is 4.79 Å². The van der Waals surface area contributed by atoms with Crippen molar-refractivity contribution in [3.63, 3.8) is 0 Å². The van der Waals surface area contributed by atoms with Gasteiger partial charge in [0, 0.05) is 16.0 Å². The van der Waals surface area contributed by atoms with Gasteiger partial charge in [-0.1, -0.05) is 35.5 Å². The van der Waals surface area contributed by atoms with Gasteiger partial charge in [-0.15, -0.1) is 21.5 Å². The average Bonchev–Trinajstić information content (AvgIpc) is 3.17. The predicted molar refractivity (Wildman–Crippen MR) is 87.7 cm³/mol. The Kier molecular flexibility index (Phi) is 4.71. The van der Waals surface area contributed by atoms with E-state index >= 15 is 0 Å². The van der Waals surface area contributed by atoms with Crippen molar-refractivity contribution in [2.75, 3.05) is 11.2 Å². The molecule has 2 heterocycles. The van der Waals surface area contributed by atoms with Crippen molar-refractivity contribution in [2.45, 2.75) is 4.34 Å². The summed E-state index contributed by atoms with van der Waals surface area (Å²) in [6, 6.07) is 7.50. The first-order chi connectivity index (χ1) is 10.7. The third-order valence-electron chi connectivity index (χ3n) is 2.62. The standard InChI is InChI=1S/C13H10ClN5OS2/c14-10-3-1-9(2-4-10)11-5-21-13(17-11)22-6-12(20)18-19-7-15-16-8-19/h1-5,7-8H,6H2,(H,18,20). The first-order valence-electron chi connectivity index (χ1n) is 6.19. The molecule has 3 rings (SSSR count). The largest absolute Gasteiger partial charge is 0.272 e. The first kappa shape index (κ1) is 15.0. The SMILES string of the molecule is O=C(CSc1nc(-c2ccc(Cl)cc2)cs1)Nn1cnnc1. The maximum atomic E-state index is 11.8. The molecule has 112 valence electrons. The van der Waals surface area contributed by atoms with E-state index in [1.165, 1.54) is 40.4 Å². The number of rotatable bonds is 5. The number of thioether (sulfide) groups is 1. The number of carbonyl (C=O) groups excluding carboxylic acids is 1. The molecule has 0 aliphatic heterocycles. The average molecular weight is 352 g/mol. The number of hydrogen-bond acceptors (Lipinski definition) is 6. The molecule has 0 saturated heterocycles. The highest BCUT2D eigenvalue weighted by atomic mass is 35.5. The van der Waals surface area contributed by atoms with Gasteiger partial charge < -0.3 is 0 Å². The van der Waals surface area contributed by atoms with E-state index < -0.39 is 0 Å². The Morgan fingerprint density at radius 3 is 2.73 bits per heavy atom. The normalized spacial score (nSPS) is 10.6. The third-order valence-corrected chi connectivity index (χ3v) is 4.90. The van der Waals surface area contributed by atoms with Gasteiger partial charge in [0.1, 0.15) is 12.7 Å². The van der Waals surface area contributed by atoms with Crippen LogP contribution in [0, 0.1) is 0 Å². The fourth-order valence-electron chi connectivity index (χ4n) is 1.64. The number of carbonyl (C=O) groups is 1. The Balaban J connectivity index is 1.57. The lowest BCUT2D eigenvalue weighted by atomic mass is 10.2. The van der Waals surface area contributed by atoms with E-state index in [1.54, 1.807) is 0 Å². The van der Waals surface area contributed by atoms with Crippen LogP contribution in [0.4, 0.5) is 0 Å². The van der Waals surface area contributed by atoms with Gasteiger partial charge >= 0.3 is 0 Å². The Hall–Kier alpha value is -1.90. The molecule has 1 aromatic carbocycles. The molecule has 0 aliphatic carbocycles. The van der Waals surface area contributed by atoms with E-state index in [0.29, 0.717) is 5.02 Å². The fourth-order valence-corrected chi connectivity index (χ4v) is 3.39. The third kappa shape index (κ3) is 3.85. The van der Waals surface area contributed by atoms with Gasteiger partial charge in [0.25, 0.3) is 0 Å². The number of aromatic nitrogens is 4. The van der Waals surface area contributed by atoms with Gasteiger partial charge in [0.15, 0.2) is 4.34 Å². The van der Waals surface area contributed by atoms with Crippen LogP contribution in [0.15, 0.2) is 46.6 Å². The van der Waals surface area contributed by atoms with Crippen LogP contribution in [-0.2, 0) is 4.79 Å². The summed E-state index contributed by atoms with van der Waals surface area (Å²) in [4.78, 5) is 16.3. The molecule has 0 radical (unpaired) electrons. The Labute approximate surface area is 139 Å². The fraction of sp³-hybridized carbons (Fsp3) is 0.0769. The number of amides is 1. The van der Waals surface area contributed by atoms with E-state index in [0.717, 1.165) is 15.6 Å². The van der Waals surface area contributed by atoms with Crippen LogP contribution in [0.1, 0.15) is 0 Å². The van der Waals surface area contributed by atoms with Gasteiger partial charge in [0.2, 0.25) is 5.91 Å². The minimum atomic E-state index is -0.145. The number of nitrogens with one attached hydrogen (secondary N) is 1. The smallest absolute Gasteiger partial charge is 0.249 e. The maximum Gasteiger partial charge on any atom is 0.249 e. The highest BCUT2D eigenvalue weighted by Crippen LogP contribution is 2.28. The number of benzene rings is 1. The van der Waals surface area contributed by atoms with Crippen LogP contribution in [-0.4, -0.2) is 31.5 Å². The minimum Gasteiger partial charge on any atom is -0.272 e. The molecule has 0 fully saturated rings. The van der Waals surface area contributed by atoms with Crippen molar-refractivity contribution in [3.8, 4) is 11.3 Å². The lowest BCUT2D eigenvalue weighted by Crippen LogP contribution is -2.23. The Bertz CT molecular complexity index is 757. The molecule has 6 nitrogen and oxygen atoms in total. The van der Waals surface area contributed by atoms with Crippen molar-refractivity contribution in [1.29, 1.82) is 0 Å². The van der Waals surface area contributed by atoms with Gasteiger partial charge in [-0.3, -0.25) is 10.2 Å². The summed E-state index contributed by atoms with van der Waals surface area (Å²) >= 11 is 8.76. The zero-order valence-corrected chi connectivity index (χ0v) is 13.5. The van der Waals surface area contributed by atoms with Crippen LogP contribution in [0.3, 0.4) is 0 Å². The van der Waals surface area contributed by atoms with E-state index in [4.69, 9.17) is 11.6 Å². The van der Waals surface area contributed by atoms with Crippen molar-refractivity contribution in [3.05, 3.63) is 47.3 Å². The highest BCUT2D eigenvalue weighted by molar-refractivity contribution is 8.01. The summed E-state index contributed by atoms with van der Waals surface area (Å²) in [5.41, 5.74) is 4.51. The van der Waals surface area contributed by atoms with Crippen LogP contribution in [0.2, 0.25) is 5.02 Å². The zero-order valence-electron chi connectivity index (χ0n) is 11.1. The second-order valence-electron chi connectivity index (χ2n) is 4.20. The predicted octanol–water partition coefficient (Wildman–Crippen LogP) is 2.92. The monoisotopic (exact) mass is 351 g/mol. The summed E-state index contributed by atoms with van der Waals surface area (Å²) in [5, 5.41) is 9.87. The topological polar surface area (TPSA) is 72.7 Å². The van der Waals surface area contributed by atoms with Crippen LogP contribution < -0.4 is 5.43 Å². The second-order valence-corrected chi connectivity index (χ2v) is 6.72. The lowest BCUT2D eigenvalue weighted by molar-refractivity contribution is -0.114. The van der Waals surface area contributed by atoms with Crippen molar-refractivity contribution in [1.82, 2.24) is 19.9 Å². The Morgan fingerprint density at radius 1 is 1.27 bits per heavy atom. The number of hydrogen-bond donors (Lipinski definition) is 1. The van der Waals surface area contributed by atoms with Crippen LogP contribution in [0.5, 0.6) is 0 Å². The van der Waals surface area contributed by atoms with Gasteiger partial charge in [-0.25, -0.2) is 9.66 Å². The van der Waals surface area contributed by atoms with Gasteiger partial charge in [-0.2, -0.15) is 0 Å². The summed E-state index contributed by atoms with van der Waals surface area (Å²) in [5.74, 6) is 0.124. The lowest BCUT2D eigenvalue weighted by Gasteiger charge is -2.02. The molecule has 0 bridgehead atoms. The van der Waals surface area contributed by atoms with Crippen molar-refractivity contribution in [2.24, 2.45) is 0 Å². The van der Waals surface area contributed by atoms with Crippen molar-refractivity contribution < 1.29 is 4.79 Å². The molecule has 0 atom stereocenters. The van der Waals surface area contributed by atoms with Crippen LogP contribution in [0.25, 0.3) is 11.3 Å². The van der Waals surface area contributed by atoms with E-state index in [1.807, 2.05) is 29.6 Å². The quantitative estimate of drug-likeness (QED) is 0.715. The second kappa shape index (κ2) is 6.91. The van der Waals surface area contributed by atoms with Gasteiger partial charge in [-0.05, 0) is 12.1 Å². The molecule has 0 unspecified atom stereocenters. The number of thiazole rings is 1. The summed E-state index contributed by atoms with van der Waals surface area (Å²) in [6.45, 7) is 0. The van der Waals surface area contributed by atoms with E-state index in [-0.39, 0.29) is 11.7 Å². The first-order valence-corrected chi connectivity index (χ1v) is 8.44. The summed E-state index contributed by atoms with van der Waals surface area (Å²) in [6.07, 6.45) is 2.84. The number of nitrogens with zero attached hydrogens (tertiary/aromatic N) is 4. The molecule has 0 spiro atoms. The molecule has 22 heavy (non-hydrogen) atoms. The van der Waals surface area contributed by atoms with Crippen LogP contribution >= 0.6 is 34.7 Å². The molecule has 0 saturated carbocycles. The minimum absolute atomic E-state index is 0.145. The molecule has 0 aliphatic rings. The molecule has 3 aromatic rings. The van der Waals surface area contributed by atoms with Gasteiger partial charge in [0.05, 0.1) is 11.4 Å². The molecule has 1 amide bonds. The molecule has 9 heteroatoms. The summed E-state index contributed by atoms with van der Waals surface area (Å²) < 4.78 is 2.24. The number of halogens is 1. The molecule has 2 aromatic heterocycles. The highest BCUT2D eigenvalue weighted by Gasteiger charge is 2.08. The van der Waals surface area contributed by atoms with E-state index in [2.05, 4.69) is 20.6 Å².